The second-order valence-electron chi connectivity index (χ2n) is 5.09. The van der Waals surface area contributed by atoms with Gasteiger partial charge in [0.2, 0.25) is 11.8 Å². The zero-order valence-corrected chi connectivity index (χ0v) is 11.3. The van der Waals surface area contributed by atoms with Gasteiger partial charge in [0.05, 0.1) is 0 Å². The topological polar surface area (TPSA) is 75.4 Å². The molecule has 0 bridgehead atoms. The molecule has 1 atom stereocenters. The average Bonchev–Trinajstić information content (AvgIpc) is 2.37. The Morgan fingerprint density at radius 3 is 2.56 bits per heavy atom. The van der Waals surface area contributed by atoms with E-state index in [1.165, 1.54) is 19.3 Å². The quantitative estimate of drug-likeness (QED) is 0.695. The van der Waals surface area contributed by atoms with Crippen molar-refractivity contribution in [3.8, 4) is 0 Å². The third kappa shape index (κ3) is 6.00. The normalized spacial score (nSPS) is 18.3. The zero-order chi connectivity index (χ0) is 13.4. The number of nitrogens with one attached hydrogen (secondary N) is 1. The van der Waals surface area contributed by atoms with Crippen molar-refractivity contribution in [1.29, 1.82) is 0 Å². The number of hydrogen-bond donors (Lipinski definition) is 2. The van der Waals surface area contributed by atoms with Gasteiger partial charge in [-0.1, -0.05) is 13.3 Å². The highest BCUT2D eigenvalue weighted by Gasteiger charge is 2.12. The lowest BCUT2D eigenvalue weighted by molar-refractivity contribution is -0.123. The summed E-state index contributed by atoms with van der Waals surface area (Å²) >= 11 is 0. The Morgan fingerprint density at radius 1 is 1.28 bits per heavy atom. The molecule has 2 amide bonds. The number of rotatable bonds is 7. The van der Waals surface area contributed by atoms with E-state index in [2.05, 4.69) is 10.2 Å². The number of carbonyl (C=O) groups excluding carboxylic acids is 2. The van der Waals surface area contributed by atoms with E-state index in [1.807, 2.05) is 0 Å². The lowest BCUT2D eigenvalue weighted by Crippen LogP contribution is -2.37. The number of amides is 2. The molecule has 1 heterocycles. The predicted octanol–water partition coefficient (Wildman–Crippen LogP) is 0.490. The van der Waals surface area contributed by atoms with Crippen molar-refractivity contribution in [1.82, 2.24) is 10.2 Å². The van der Waals surface area contributed by atoms with E-state index in [1.54, 1.807) is 6.92 Å². The van der Waals surface area contributed by atoms with Crippen molar-refractivity contribution < 1.29 is 9.59 Å². The number of nitrogens with zero attached hydrogens (tertiary/aromatic N) is 1. The summed E-state index contributed by atoms with van der Waals surface area (Å²) in [6, 6.07) is 0. The van der Waals surface area contributed by atoms with E-state index in [4.69, 9.17) is 5.73 Å². The molecule has 1 rings (SSSR count). The highest BCUT2D eigenvalue weighted by molar-refractivity contribution is 5.79. The summed E-state index contributed by atoms with van der Waals surface area (Å²) in [6.07, 6.45) is 4.77. The van der Waals surface area contributed by atoms with E-state index in [-0.39, 0.29) is 17.7 Å². The first-order valence-electron chi connectivity index (χ1n) is 6.88. The van der Waals surface area contributed by atoms with Gasteiger partial charge in [-0.25, -0.2) is 0 Å². The lowest BCUT2D eigenvalue weighted by atomic mass is 10.1. The van der Waals surface area contributed by atoms with Crippen LogP contribution in [0, 0.1) is 5.92 Å². The highest BCUT2D eigenvalue weighted by Crippen LogP contribution is 2.07. The zero-order valence-electron chi connectivity index (χ0n) is 11.3. The Morgan fingerprint density at radius 2 is 1.94 bits per heavy atom. The van der Waals surface area contributed by atoms with Gasteiger partial charge in [0.25, 0.3) is 0 Å². The van der Waals surface area contributed by atoms with Crippen molar-refractivity contribution in [3.63, 3.8) is 0 Å². The second-order valence-corrected chi connectivity index (χ2v) is 5.09. The van der Waals surface area contributed by atoms with Crippen LogP contribution < -0.4 is 11.1 Å². The number of primary amides is 1. The van der Waals surface area contributed by atoms with E-state index in [9.17, 15) is 9.59 Å². The Labute approximate surface area is 109 Å². The van der Waals surface area contributed by atoms with E-state index in [0.717, 1.165) is 19.6 Å². The molecule has 0 spiro atoms. The maximum atomic E-state index is 11.5. The first kappa shape index (κ1) is 15.0. The molecule has 0 aromatic carbocycles. The molecule has 5 nitrogen and oxygen atoms in total. The molecule has 3 N–H and O–H groups in total. The van der Waals surface area contributed by atoms with Gasteiger partial charge in [0, 0.05) is 25.4 Å². The number of carbonyl (C=O) groups is 2. The third-order valence-corrected chi connectivity index (χ3v) is 3.49. The molecule has 0 radical (unpaired) electrons. The fourth-order valence-electron chi connectivity index (χ4n) is 2.11. The van der Waals surface area contributed by atoms with Gasteiger partial charge in [-0.2, -0.15) is 0 Å². The van der Waals surface area contributed by atoms with Crippen LogP contribution in [0.15, 0.2) is 0 Å². The molecule has 0 unspecified atom stereocenters. The van der Waals surface area contributed by atoms with Gasteiger partial charge in [0.1, 0.15) is 0 Å². The van der Waals surface area contributed by atoms with E-state index >= 15 is 0 Å². The molecule has 1 saturated heterocycles. The van der Waals surface area contributed by atoms with Crippen LogP contribution in [0.5, 0.6) is 0 Å². The van der Waals surface area contributed by atoms with Crippen molar-refractivity contribution in [2.75, 3.05) is 26.2 Å². The second kappa shape index (κ2) is 8.08. The Balaban J connectivity index is 2.04. The first-order valence-corrected chi connectivity index (χ1v) is 6.88. The van der Waals surface area contributed by atoms with Crippen molar-refractivity contribution in [2.24, 2.45) is 11.7 Å². The molecule has 5 heteroatoms. The van der Waals surface area contributed by atoms with Gasteiger partial charge < -0.3 is 16.0 Å². The minimum atomic E-state index is -0.337. The van der Waals surface area contributed by atoms with Crippen molar-refractivity contribution >= 4 is 11.8 Å². The van der Waals surface area contributed by atoms with Crippen molar-refractivity contribution in [2.45, 2.75) is 39.0 Å². The minimum Gasteiger partial charge on any atom is -0.369 e. The van der Waals surface area contributed by atoms with Gasteiger partial charge >= 0.3 is 0 Å². The molecular formula is C13H25N3O2. The van der Waals surface area contributed by atoms with Crippen LogP contribution in [0.3, 0.4) is 0 Å². The Hall–Kier alpha value is -1.10. The summed E-state index contributed by atoms with van der Waals surface area (Å²) in [5, 5.41) is 2.89. The van der Waals surface area contributed by atoms with Crippen LogP contribution >= 0.6 is 0 Å². The van der Waals surface area contributed by atoms with Crippen LogP contribution in [0.4, 0.5) is 0 Å². The molecule has 18 heavy (non-hydrogen) atoms. The smallest absolute Gasteiger partial charge is 0.220 e. The van der Waals surface area contributed by atoms with E-state index < -0.39 is 0 Å². The van der Waals surface area contributed by atoms with Crippen LogP contribution in [-0.2, 0) is 9.59 Å². The molecule has 1 aliphatic rings. The first-order chi connectivity index (χ1) is 8.59. The van der Waals surface area contributed by atoms with E-state index in [0.29, 0.717) is 19.4 Å². The maximum Gasteiger partial charge on any atom is 0.220 e. The number of hydrogen-bond acceptors (Lipinski definition) is 3. The van der Waals surface area contributed by atoms with Crippen molar-refractivity contribution in [3.05, 3.63) is 0 Å². The fourth-order valence-corrected chi connectivity index (χ4v) is 2.11. The average molecular weight is 255 g/mol. The standard InChI is InChI=1S/C13H25N3O2/c1-11(13(14)18)5-6-12(17)15-7-10-16-8-3-2-4-9-16/h11H,2-10H2,1H3,(H2,14,18)(H,15,17)/t11-/m0/s1. The summed E-state index contributed by atoms with van der Waals surface area (Å²) in [5.41, 5.74) is 5.14. The summed E-state index contributed by atoms with van der Waals surface area (Å²) in [7, 11) is 0. The molecule has 0 aromatic rings. The summed E-state index contributed by atoms with van der Waals surface area (Å²) in [6.45, 7) is 5.67. The van der Waals surface area contributed by atoms with Gasteiger partial charge in [-0.05, 0) is 32.4 Å². The van der Waals surface area contributed by atoms with Crippen LogP contribution in [0.25, 0.3) is 0 Å². The van der Waals surface area contributed by atoms with Gasteiger partial charge in [0.15, 0.2) is 0 Å². The van der Waals surface area contributed by atoms with Crippen LogP contribution in [0.1, 0.15) is 39.0 Å². The number of nitrogens with two attached hydrogens (primary N) is 1. The minimum absolute atomic E-state index is 0.0140. The molecule has 104 valence electrons. The fraction of sp³-hybridized carbons (Fsp3) is 0.846. The predicted molar refractivity (Wildman–Crippen MR) is 70.9 cm³/mol. The lowest BCUT2D eigenvalue weighted by Gasteiger charge is -2.26. The SMILES string of the molecule is C[C@@H](CCC(=O)NCCN1CCCCC1)C(N)=O. The highest BCUT2D eigenvalue weighted by atomic mass is 16.2. The largest absolute Gasteiger partial charge is 0.369 e. The molecule has 0 saturated carbocycles. The Kier molecular flexibility index (Phi) is 6.72. The summed E-state index contributed by atoms with van der Waals surface area (Å²) < 4.78 is 0. The molecule has 0 aromatic heterocycles. The molecule has 1 aliphatic heterocycles. The summed E-state index contributed by atoms with van der Waals surface area (Å²) in [4.78, 5) is 24.7. The van der Waals surface area contributed by atoms with Crippen LogP contribution in [-0.4, -0.2) is 42.9 Å². The number of likely N-dealkylation sites (tertiary alicyclic amines) is 1. The maximum absolute atomic E-state index is 11.5. The van der Waals surface area contributed by atoms with Crippen LogP contribution in [0.2, 0.25) is 0 Å². The third-order valence-electron chi connectivity index (χ3n) is 3.49. The van der Waals surface area contributed by atoms with Gasteiger partial charge in [-0.3, -0.25) is 9.59 Å². The van der Waals surface area contributed by atoms with Gasteiger partial charge in [-0.15, -0.1) is 0 Å². The number of piperidine rings is 1. The Bertz CT molecular complexity index is 275. The molecule has 0 aliphatic carbocycles. The monoisotopic (exact) mass is 255 g/mol. The molecular weight excluding hydrogens is 230 g/mol. The molecule has 1 fully saturated rings. The summed E-state index contributed by atoms with van der Waals surface area (Å²) in [5.74, 6) is -0.547.